The van der Waals surface area contributed by atoms with E-state index >= 15 is 0 Å². The number of hydrogen-bond donors (Lipinski definition) is 2. The lowest BCUT2D eigenvalue weighted by molar-refractivity contribution is -0.119. The molecule has 0 aromatic heterocycles. The van der Waals surface area contributed by atoms with Crippen molar-refractivity contribution in [2.24, 2.45) is 5.92 Å². The first kappa shape index (κ1) is 24.8. The zero-order valence-electron chi connectivity index (χ0n) is 21.1. The van der Waals surface area contributed by atoms with Crippen LogP contribution in [0.1, 0.15) is 47.4 Å². The summed E-state index contributed by atoms with van der Waals surface area (Å²) in [7, 11) is 1.63. The van der Waals surface area contributed by atoms with Gasteiger partial charge in [0.2, 0.25) is 5.91 Å². The predicted octanol–water partition coefficient (Wildman–Crippen LogP) is 4.19. The second-order valence-corrected chi connectivity index (χ2v) is 9.02. The highest BCUT2D eigenvalue weighted by atomic mass is 16.5. The predicted molar refractivity (Wildman–Crippen MR) is 140 cm³/mol. The lowest BCUT2D eigenvalue weighted by atomic mass is 9.83. The Morgan fingerprint density at radius 3 is 2.05 bits per heavy atom. The topological polar surface area (TPSA) is 89.1 Å². The normalized spacial score (nSPS) is 22.6. The molecule has 2 aliphatic heterocycles. The minimum absolute atomic E-state index is 0.0318. The van der Waals surface area contributed by atoms with Crippen LogP contribution in [0.4, 0.5) is 5.69 Å². The van der Waals surface area contributed by atoms with Crippen molar-refractivity contribution in [1.29, 1.82) is 0 Å². The van der Waals surface area contributed by atoms with Gasteiger partial charge in [-0.15, -0.1) is 0 Å². The Balaban J connectivity index is 1.53. The molecule has 2 fully saturated rings. The number of hydrogen-bond acceptors (Lipinski definition) is 7. The summed E-state index contributed by atoms with van der Waals surface area (Å²) in [6, 6.07) is 22.1. The van der Waals surface area contributed by atoms with E-state index < -0.39 is 6.04 Å². The zero-order chi connectivity index (χ0) is 25.9. The minimum atomic E-state index is -0.423. The number of rotatable bonds is 8. The number of esters is 1. The average molecular weight is 502 g/mol. The lowest BCUT2D eigenvalue weighted by Crippen LogP contribution is -2.41. The third kappa shape index (κ3) is 4.65. The van der Waals surface area contributed by atoms with E-state index in [4.69, 9.17) is 14.2 Å². The SMILES string of the molecule is CCOC(=O)c1ccc(N2C(=O)C3NNC(c4ccc(OCC)cc4)C3C2c2ccc(OC)cc2)cc1. The van der Waals surface area contributed by atoms with Crippen molar-refractivity contribution in [2.75, 3.05) is 25.2 Å². The molecule has 0 aliphatic carbocycles. The molecule has 0 saturated carbocycles. The summed E-state index contributed by atoms with van der Waals surface area (Å²) in [6.07, 6.45) is 0. The Kier molecular flexibility index (Phi) is 7.12. The van der Waals surface area contributed by atoms with Crippen molar-refractivity contribution >= 4 is 17.6 Å². The molecule has 0 radical (unpaired) electrons. The second-order valence-electron chi connectivity index (χ2n) is 9.02. The number of ether oxygens (including phenoxy) is 3. The van der Waals surface area contributed by atoms with Crippen LogP contribution in [0.25, 0.3) is 0 Å². The van der Waals surface area contributed by atoms with E-state index in [-0.39, 0.29) is 29.9 Å². The molecular formula is C29H31N3O5. The molecule has 2 saturated heterocycles. The third-order valence-corrected chi connectivity index (χ3v) is 6.97. The van der Waals surface area contributed by atoms with Crippen LogP contribution in [0.15, 0.2) is 72.8 Å². The highest BCUT2D eigenvalue weighted by molar-refractivity contribution is 6.02. The van der Waals surface area contributed by atoms with Gasteiger partial charge in [0.15, 0.2) is 0 Å². The van der Waals surface area contributed by atoms with E-state index in [1.165, 1.54) is 0 Å². The van der Waals surface area contributed by atoms with Crippen LogP contribution in [0, 0.1) is 5.92 Å². The van der Waals surface area contributed by atoms with Crippen molar-refractivity contribution in [3.8, 4) is 11.5 Å². The van der Waals surface area contributed by atoms with E-state index in [2.05, 4.69) is 10.9 Å². The second kappa shape index (κ2) is 10.6. The van der Waals surface area contributed by atoms with Gasteiger partial charge in [0, 0.05) is 11.6 Å². The summed E-state index contributed by atoms with van der Waals surface area (Å²) < 4.78 is 16.1. The van der Waals surface area contributed by atoms with Crippen molar-refractivity contribution in [1.82, 2.24) is 10.9 Å². The van der Waals surface area contributed by atoms with Crippen molar-refractivity contribution in [3.05, 3.63) is 89.5 Å². The number of amides is 1. The average Bonchev–Trinajstić information content (AvgIpc) is 3.48. The van der Waals surface area contributed by atoms with Gasteiger partial charge in [-0.3, -0.25) is 4.79 Å². The minimum Gasteiger partial charge on any atom is -0.497 e. The zero-order valence-corrected chi connectivity index (χ0v) is 21.1. The fourth-order valence-electron chi connectivity index (χ4n) is 5.29. The summed E-state index contributed by atoms with van der Waals surface area (Å²) in [4.78, 5) is 27.8. The molecular weight excluding hydrogens is 470 g/mol. The molecule has 3 aromatic carbocycles. The molecule has 8 heteroatoms. The summed E-state index contributed by atoms with van der Waals surface area (Å²) in [5, 5.41) is 0. The number of nitrogens with one attached hydrogen (secondary N) is 2. The Hall–Kier alpha value is -3.88. The molecule has 192 valence electrons. The number of nitrogens with zero attached hydrogens (tertiary/aromatic N) is 1. The number of carbonyl (C=O) groups is 2. The summed E-state index contributed by atoms with van der Waals surface area (Å²) in [5.74, 6) is 1.05. The third-order valence-electron chi connectivity index (χ3n) is 6.97. The van der Waals surface area contributed by atoms with Gasteiger partial charge < -0.3 is 19.1 Å². The number of hydrazine groups is 1. The van der Waals surface area contributed by atoms with Gasteiger partial charge in [0.05, 0.1) is 38.0 Å². The van der Waals surface area contributed by atoms with E-state index in [0.29, 0.717) is 18.8 Å². The van der Waals surface area contributed by atoms with Crippen LogP contribution in [-0.4, -0.2) is 38.2 Å². The Labute approximate surface area is 216 Å². The van der Waals surface area contributed by atoms with Crippen LogP contribution in [0.2, 0.25) is 0 Å². The molecule has 2 N–H and O–H groups in total. The smallest absolute Gasteiger partial charge is 0.338 e. The van der Waals surface area contributed by atoms with Crippen LogP contribution in [0.5, 0.6) is 11.5 Å². The molecule has 3 aromatic rings. The number of carbonyl (C=O) groups excluding carboxylic acids is 2. The summed E-state index contributed by atoms with van der Waals surface area (Å²) in [5.41, 5.74) is 9.85. The molecule has 0 spiro atoms. The molecule has 4 atom stereocenters. The van der Waals surface area contributed by atoms with Gasteiger partial charge in [-0.1, -0.05) is 24.3 Å². The molecule has 2 heterocycles. The molecule has 8 nitrogen and oxygen atoms in total. The van der Waals surface area contributed by atoms with Crippen molar-refractivity contribution in [3.63, 3.8) is 0 Å². The highest BCUT2D eigenvalue weighted by Gasteiger charge is 2.56. The maximum absolute atomic E-state index is 13.8. The Bertz CT molecular complexity index is 1240. The molecule has 1 amide bonds. The first-order valence-electron chi connectivity index (χ1n) is 12.5. The van der Waals surface area contributed by atoms with Gasteiger partial charge in [-0.25, -0.2) is 15.6 Å². The monoisotopic (exact) mass is 501 g/mol. The van der Waals surface area contributed by atoms with E-state index in [0.717, 1.165) is 28.3 Å². The van der Waals surface area contributed by atoms with Gasteiger partial charge in [-0.2, -0.15) is 0 Å². The lowest BCUT2D eigenvalue weighted by Gasteiger charge is -2.31. The van der Waals surface area contributed by atoms with Crippen LogP contribution < -0.4 is 25.2 Å². The van der Waals surface area contributed by atoms with E-state index in [1.54, 1.807) is 38.3 Å². The maximum Gasteiger partial charge on any atom is 0.338 e. The van der Waals surface area contributed by atoms with E-state index in [1.807, 2.05) is 60.4 Å². The molecule has 2 aliphatic rings. The van der Waals surface area contributed by atoms with Gasteiger partial charge >= 0.3 is 5.97 Å². The number of anilines is 1. The fourth-order valence-corrected chi connectivity index (χ4v) is 5.29. The standard InChI is InChI=1S/C29H31N3O5/c1-4-36-23-16-8-18(9-17-23)25-24-26(31-30-25)28(33)32(27(24)19-10-14-22(35-3)15-11-19)21-12-6-20(7-13-21)29(34)37-5-2/h6-17,24-27,30-31H,4-5H2,1-3H3. The fraction of sp³-hybridized carbons (Fsp3) is 0.310. The van der Waals surface area contributed by atoms with Gasteiger partial charge in [0.25, 0.3) is 0 Å². The molecule has 0 bridgehead atoms. The van der Waals surface area contributed by atoms with Crippen LogP contribution >= 0.6 is 0 Å². The first-order chi connectivity index (χ1) is 18.0. The maximum atomic E-state index is 13.8. The van der Waals surface area contributed by atoms with Crippen LogP contribution in [0.3, 0.4) is 0 Å². The molecule has 37 heavy (non-hydrogen) atoms. The van der Waals surface area contributed by atoms with Crippen molar-refractivity contribution < 1.29 is 23.8 Å². The molecule has 4 unspecified atom stereocenters. The number of benzene rings is 3. The molecule has 5 rings (SSSR count). The number of methoxy groups -OCH3 is 1. The van der Waals surface area contributed by atoms with Gasteiger partial charge in [0.1, 0.15) is 17.5 Å². The van der Waals surface area contributed by atoms with E-state index in [9.17, 15) is 9.59 Å². The largest absolute Gasteiger partial charge is 0.497 e. The van der Waals surface area contributed by atoms with Crippen molar-refractivity contribution in [2.45, 2.75) is 32.0 Å². The first-order valence-corrected chi connectivity index (χ1v) is 12.5. The van der Waals surface area contributed by atoms with Gasteiger partial charge in [-0.05, 0) is 73.5 Å². The quantitative estimate of drug-likeness (QED) is 0.448. The summed E-state index contributed by atoms with van der Waals surface area (Å²) in [6.45, 7) is 4.64. The highest BCUT2D eigenvalue weighted by Crippen LogP contribution is 2.49. The number of fused-ring (bicyclic) bond motifs is 1. The Morgan fingerprint density at radius 2 is 1.43 bits per heavy atom. The Morgan fingerprint density at radius 1 is 0.811 bits per heavy atom. The summed E-state index contributed by atoms with van der Waals surface area (Å²) >= 11 is 0. The van der Waals surface area contributed by atoms with Crippen LogP contribution in [-0.2, 0) is 9.53 Å².